The molecule has 5 heteroatoms. The van der Waals surface area contributed by atoms with Crippen LogP contribution in [0.25, 0.3) is 0 Å². The highest BCUT2D eigenvalue weighted by Gasteiger charge is 2.20. The van der Waals surface area contributed by atoms with Crippen LogP contribution in [0.15, 0.2) is 0 Å². The molecule has 0 saturated heterocycles. The van der Waals surface area contributed by atoms with Gasteiger partial charge in [-0.05, 0) is 20.9 Å². The quantitative estimate of drug-likeness (QED) is 0.615. The summed E-state index contributed by atoms with van der Waals surface area (Å²) in [5.41, 5.74) is 0. The molecule has 0 spiro atoms. The van der Waals surface area contributed by atoms with E-state index in [1.54, 1.807) is 14.0 Å². The van der Waals surface area contributed by atoms with Crippen LogP contribution >= 0.6 is 0 Å². The molecule has 0 aliphatic carbocycles. The normalized spacial score (nSPS) is 14.5. The lowest BCUT2D eigenvalue weighted by atomic mass is 10.3. The van der Waals surface area contributed by atoms with Gasteiger partial charge in [0.15, 0.2) is 6.10 Å². The molecule has 0 aromatic rings. The first-order valence-electron chi connectivity index (χ1n) is 3.98. The molecule has 0 aliphatic heterocycles. The van der Waals surface area contributed by atoms with Crippen molar-refractivity contribution in [3.05, 3.63) is 0 Å². The first-order valence-corrected chi connectivity index (χ1v) is 3.98. The van der Waals surface area contributed by atoms with E-state index in [1.807, 2.05) is 0 Å². The molecule has 0 aromatic heterocycles. The lowest BCUT2D eigenvalue weighted by Crippen LogP contribution is -2.36. The molecule has 0 unspecified atom stereocenters. The molecule has 0 amide bonds. The van der Waals surface area contributed by atoms with Crippen LogP contribution in [0, 0.1) is 0 Å². The van der Waals surface area contributed by atoms with E-state index in [2.05, 4.69) is 10.1 Å². The van der Waals surface area contributed by atoms with E-state index < -0.39 is 24.1 Å². The summed E-state index contributed by atoms with van der Waals surface area (Å²) in [5.74, 6) is -1.03. The summed E-state index contributed by atoms with van der Waals surface area (Å²) in [5, 5.41) is 2.70. The maximum absolute atomic E-state index is 11.1. The van der Waals surface area contributed by atoms with Crippen molar-refractivity contribution in [3.63, 3.8) is 0 Å². The van der Waals surface area contributed by atoms with Crippen molar-refractivity contribution in [1.29, 1.82) is 0 Å². The van der Waals surface area contributed by atoms with Gasteiger partial charge in [0.05, 0.1) is 7.11 Å². The highest BCUT2D eigenvalue weighted by atomic mass is 16.6. The average molecular weight is 189 g/mol. The zero-order valence-electron chi connectivity index (χ0n) is 8.29. The molecule has 76 valence electrons. The Labute approximate surface area is 77.4 Å². The third-order valence-corrected chi connectivity index (χ3v) is 1.61. The summed E-state index contributed by atoms with van der Waals surface area (Å²) >= 11 is 0. The molecule has 1 N–H and O–H groups in total. The molecular weight excluding hydrogens is 174 g/mol. The number of rotatable bonds is 4. The second-order valence-electron chi connectivity index (χ2n) is 2.61. The van der Waals surface area contributed by atoms with Crippen molar-refractivity contribution >= 4 is 11.9 Å². The summed E-state index contributed by atoms with van der Waals surface area (Å²) in [7, 11) is 2.88. The van der Waals surface area contributed by atoms with Crippen LogP contribution in [-0.2, 0) is 19.1 Å². The van der Waals surface area contributed by atoms with E-state index in [1.165, 1.54) is 14.0 Å². The minimum Gasteiger partial charge on any atom is -0.466 e. The molecule has 0 aliphatic rings. The van der Waals surface area contributed by atoms with Gasteiger partial charge in [-0.3, -0.25) is 4.79 Å². The van der Waals surface area contributed by atoms with Crippen molar-refractivity contribution in [2.75, 3.05) is 14.2 Å². The summed E-state index contributed by atoms with van der Waals surface area (Å²) in [6.45, 7) is 3.11. The number of methoxy groups -OCH3 is 1. The Bertz CT molecular complexity index is 193. The third-order valence-electron chi connectivity index (χ3n) is 1.61. The van der Waals surface area contributed by atoms with Crippen molar-refractivity contribution in [2.45, 2.75) is 26.0 Å². The maximum Gasteiger partial charge on any atom is 0.346 e. The van der Waals surface area contributed by atoms with E-state index in [0.29, 0.717) is 0 Å². The highest BCUT2D eigenvalue weighted by Crippen LogP contribution is 1.96. The standard InChI is InChI=1S/C8H15NO4/c1-5(9-3)7(10)13-6(2)8(11)12-4/h5-6,9H,1-4H3/t5-,6+/m0/s1. The van der Waals surface area contributed by atoms with Gasteiger partial charge in [0, 0.05) is 0 Å². The van der Waals surface area contributed by atoms with Crippen LogP contribution in [0.2, 0.25) is 0 Å². The van der Waals surface area contributed by atoms with E-state index >= 15 is 0 Å². The van der Waals surface area contributed by atoms with Crippen molar-refractivity contribution in [2.24, 2.45) is 0 Å². The second-order valence-corrected chi connectivity index (χ2v) is 2.61. The fourth-order valence-corrected chi connectivity index (χ4v) is 0.608. The van der Waals surface area contributed by atoms with Crippen LogP contribution < -0.4 is 5.32 Å². The molecule has 0 heterocycles. The summed E-state index contributed by atoms with van der Waals surface area (Å²) in [6, 6.07) is -0.424. The van der Waals surface area contributed by atoms with Gasteiger partial charge in [0.1, 0.15) is 6.04 Å². The van der Waals surface area contributed by atoms with Crippen LogP contribution in [0.3, 0.4) is 0 Å². The smallest absolute Gasteiger partial charge is 0.346 e. The summed E-state index contributed by atoms with van der Waals surface area (Å²) < 4.78 is 9.17. The number of hydrogen-bond donors (Lipinski definition) is 1. The average Bonchev–Trinajstić information content (AvgIpc) is 2.14. The monoisotopic (exact) mass is 189 g/mol. The van der Waals surface area contributed by atoms with Crippen LogP contribution in [-0.4, -0.2) is 38.2 Å². The molecule has 0 bridgehead atoms. The Morgan fingerprint density at radius 3 is 2.15 bits per heavy atom. The maximum atomic E-state index is 11.1. The van der Waals surface area contributed by atoms with Crippen LogP contribution in [0.5, 0.6) is 0 Å². The van der Waals surface area contributed by atoms with E-state index in [4.69, 9.17) is 4.74 Å². The molecule has 0 radical (unpaired) electrons. The fourth-order valence-electron chi connectivity index (χ4n) is 0.608. The third kappa shape index (κ3) is 3.89. The number of carbonyl (C=O) groups is 2. The number of likely N-dealkylation sites (N-methyl/N-ethyl adjacent to an activating group) is 1. The van der Waals surface area contributed by atoms with Crippen molar-refractivity contribution < 1.29 is 19.1 Å². The number of hydrogen-bond acceptors (Lipinski definition) is 5. The second kappa shape index (κ2) is 5.53. The van der Waals surface area contributed by atoms with Gasteiger partial charge >= 0.3 is 11.9 Å². The lowest BCUT2D eigenvalue weighted by molar-refractivity contribution is -0.165. The number of esters is 2. The van der Waals surface area contributed by atoms with Crippen LogP contribution in [0.4, 0.5) is 0 Å². The molecule has 5 nitrogen and oxygen atoms in total. The minimum absolute atomic E-state index is 0.424. The SMILES string of the molecule is CN[C@@H](C)C(=O)O[C@H](C)C(=O)OC. The van der Waals surface area contributed by atoms with Gasteiger partial charge in [0.2, 0.25) is 0 Å². The molecule has 2 atom stereocenters. The predicted molar refractivity (Wildman–Crippen MR) is 46.1 cm³/mol. The van der Waals surface area contributed by atoms with Gasteiger partial charge in [-0.2, -0.15) is 0 Å². The Kier molecular flexibility index (Phi) is 5.06. The van der Waals surface area contributed by atoms with Crippen LogP contribution in [0.1, 0.15) is 13.8 Å². The Hall–Kier alpha value is -1.10. The number of carbonyl (C=O) groups excluding carboxylic acids is 2. The lowest BCUT2D eigenvalue weighted by Gasteiger charge is -2.14. The topological polar surface area (TPSA) is 64.6 Å². The molecular formula is C8H15NO4. The van der Waals surface area contributed by atoms with Gasteiger partial charge in [-0.1, -0.05) is 0 Å². The largest absolute Gasteiger partial charge is 0.466 e. The van der Waals surface area contributed by atoms with Gasteiger partial charge < -0.3 is 14.8 Å². The number of nitrogens with one attached hydrogen (secondary N) is 1. The van der Waals surface area contributed by atoms with E-state index in [-0.39, 0.29) is 0 Å². The molecule has 13 heavy (non-hydrogen) atoms. The zero-order valence-corrected chi connectivity index (χ0v) is 8.29. The first kappa shape index (κ1) is 11.9. The highest BCUT2D eigenvalue weighted by molar-refractivity contribution is 5.81. The summed E-state index contributed by atoms with van der Waals surface area (Å²) in [6.07, 6.45) is -0.853. The molecule has 0 rings (SSSR count). The van der Waals surface area contributed by atoms with E-state index in [0.717, 1.165) is 0 Å². The summed E-state index contributed by atoms with van der Waals surface area (Å²) in [4.78, 5) is 22.0. The minimum atomic E-state index is -0.853. The Balaban J connectivity index is 3.98. The van der Waals surface area contributed by atoms with E-state index in [9.17, 15) is 9.59 Å². The fraction of sp³-hybridized carbons (Fsp3) is 0.750. The van der Waals surface area contributed by atoms with Crippen molar-refractivity contribution in [1.82, 2.24) is 5.32 Å². The van der Waals surface area contributed by atoms with Gasteiger partial charge in [-0.25, -0.2) is 4.79 Å². The first-order chi connectivity index (χ1) is 6.02. The Morgan fingerprint density at radius 1 is 1.23 bits per heavy atom. The Morgan fingerprint density at radius 2 is 1.77 bits per heavy atom. The van der Waals surface area contributed by atoms with Gasteiger partial charge in [-0.15, -0.1) is 0 Å². The van der Waals surface area contributed by atoms with Gasteiger partial charge in [0.25, 0.3) is 0 Å². The molecule has 0 aromatic carbocycles. The number of ether oxygens (including phenoxy) is 2. The zero-order chi connectivity index (χ0) is 10.4. The molecule has 0 saturated carbocycles. The predicted octanol–water partition coefficient (Wildman–Crippen LogP) is -0.301. The van der Waals surface area contributed by atoms with Crippen molar-refractivity contribution in [3.8, 4) is 0 Å². The molecule has 0 fully saturated rings.